The van der Waals surface area contributed by atoms with Crippen molar-refractivity contribution < 1.29 is 18.7 Å². The maximum atomic E-state index is 13.4. The van der Waals surface area contributed by atoms with E-state index in [9.17, 15) is 9.18 Å². The third-order valence-corrected chi connectivity index (χ3v) is 5.64. The van der Waals surface area contributed by atoms with Gasteiger partial charge in [-0.05, 0) is 37.0 Å². The molecule has 0 spiro atoms. The Kier molecular flexibility index (Phi) is 5.92. The lowest BCUT2D eigenvalue weighted by Gasteiger charge is -2.16. The Bertz CT molecular complexity index is 1300. The molecule has 9 heteroatoms. The van der Waals surface area contributed by atoms with Gasteiger partial charge in [-0.1, -0.05) is 12.5 Å². The van der Waals surface area contributed by atoms with Crippen LogP contribution in [-0.2, 0) is 4.79 Å². The minimum atomic E-state index is -0.967. The van der Waals surface area contributed by atoms with Gasteiger partial charge in [-0.15, -0.1) is 0 Å². The summed E-state index contributed by atoms with van der Waals surface area (Å²) in [5.74, 6) is 6.10. The van der Waals surface area contributed by atoms with Crippen LogP contribution in [0.5, 0.6) is 11.5 Å². The van der Waals surface area contributed by atoms with E-state index in [1.54, 1.807) is 38.6 Å². The average molecular weight is 449 g/mol. The zero-order chi connectivity index (χ0) is 23.7. The van der Waals surface area contributed by atoms with Crippen LogP contribution in [0.1, 0.15) is 29.3 Å². The van der Waals surface area contributed by atoms with Gasteiger partial charge in [-0.25, -0.2) is 9.37 Å². The number of anilines is 1. The van der Waals surface area contributed by atoms with Crippen LogP contribution in [0.3, 0.4) is 0 Å². The van der Waals surface area contributed by atoms with Crippen LogP contribution in [0.4, 0.5) is 10.2 Å². The first-order valence-electron chi connectivity index (χ1n) is 10.3. The summed E-state index contributed by atoms with van der Waals surface area (Å²) in [7, 11) is 3.15. The maximum Gasteiger partial charge on any atom is 0.282 e. The normalized spacial score (nSPS) is 15.3. The lowest BCUT2D eigenvalue weighted by molar-refractivity contribution is -0.127. The zero-order valence-corrected chi connectivity index (χ0v) is 18.7. The van der Waals surface area contributed by atoms with Crippen molar-refractivity contribution in [2.24, 2.45) is 0 Å². The molecule has 1 saturated heterocycles. The lowest BCUT2D eigenvalue weighted by atomic mass is 10.1. The van der Waals surface area contributed by atoms with E-state index in [0.717, 1.165) is 11.1 Å². The molecule has 1 amide bonds. The number of hydrogen-bond acceptors (Lipinski definition) is 6. The molecule has 2 aromatic heterocycles. The van der Waals surface area contributed by atoms with E-state index < -0.39 is 11.7 Å². The van der Waals surface area contributed by atoms with E-state index in [-0.39, 0.29) is 6.04 Å². The Morgan fingerprint density at radius 3 is 2.58 bits per heavy atom. The summed E-state index contributed by atoms with van der Waals surface area (Å²) >= 11 is 0. The minimum absolute atomic E-state index is 0.149. The quantitative estimate of drug-likeness (QED) is 0.486. The summed E-state index contributed by atoms with van der Waals surface area (Å²) in [6.07, 6.45) is 2.30. The van der Waals surface area contributed by atoms with Crippen LogP contribution in [-0.4, -0.2) is 52.9 Å². The lowest BCUT2D eigenvalue weighted by Crippen LogP contribution is -2.29. The first-order chi connectivity index (χ1) is 15.8. The monoisotopic (exact) mass is 449 g/mol. The molecule has 3 aromatic rings. The highest BCUT2D eigenvalue weighted by Gasteiger charge is 2.31. The van der Waals surface area contributed by atoms with E-state index in [4.69, 9.17) is 20.3 Å². The number of hydrogen-bond donors (Lipinski definition) is 1. The van der Waals surface area contributed by atoms with Crippen LogP contribution in [0.25, 0.3) is 10.9 Å². The van der Waals surface area contributed by atoms with Crippen molar-refractivity contribution in [2.75, 3.05) is 33.0 Å². The summed E-state index contributed by atoms with van der Waals surface area (Å²) in [6, 6.07) is 5.21. The van der Waals surface area contributed by atoms with Crippen LogP contribution >= 0.6 is 0 Å². The van der Waals surface area contributed by atoms with Crippen molar-refractivity contribution in [3.05, 3.63) is 53.6 Å². The number of carbonyl (C=O) groups excluding carboxylic acids is 1. The number of likely N-dealkylation sites (tertiary alicyclic amines) is 1. The van der Waals surface area contributed by atoms with Crippen LogP contribution in [0, 0.1) is 18.8 Å². The fourth-order valence-electron chi connectivity index (χ4n) is 4.01. The second-order valence-corrected chi connectivity index (χ2v) is 7.79. The van der Waals surface area contributed by atoms with Crippen molar-refractivity contribution in [2.45, 2.75) is 19.4 Å². The Morgan fingerprint density at radius 1 is 1.24 bits per heavy atom. The molecule has 1 unspecified atom stereocenters. The number of nitrogen functional groups attached to an aromatic ring is 1. The Labute approximate surface area is 190 Å². The van der Waals surface area contributed by atoms with E-state index >= 15 is 0 Å². The molecule has 0 bridgehead atoms. The zero-order valence-electron chi connectivity index (χ0n) is 18.7. The smallest absolute Gasteiger partial charge is 0.282 e. The SMILES string of the molecule is C=C(F)C(=O)N1CCC(n2nc(C#Cc3cc(OC)cc(OC)c3)c3c(N)ncc(C)c32)C1. The number of nitrogens with zero attached hydrogens (tertiary/aromatic N) is 4. The predicted molar refractivity (Wildman–Crippen MR) is 123 cm³/mol. The summed E-state index contributed by atoms with van der Waals surface area (Å²) in [4.78, 5) is 17.7. The fourth-order valence-corrected chi connectivity index (χ4v) is 4.01. The Balaban J connectivity index is 1.78. The summed E-state index contributed by atoms with van der Waals surface area (Å²) in [5, 5.41) is 5.39. The number of ether oxygens (including phenoxy) is 2. The summed E-state index contributed by atoms with van der Waals surface area (Å²) in [6.45, 7) is 5.76. The van der Waals surface area contributed by atoms with Crippen molar-refractivity contribution >= 4 is 22.6 Å². The number of fused-ring (bicyclic) bond motifs is 1. The van der Waals surface area contributed by atoms with Gasteiger partial charge >= 0.3 is 0 Å². The van der Waals surface area contributed by atoms with Gasteiger partial charge < -0.3 is 20.1 Å². The highest BCUT2D eigenvalue weighted by Crippen LogP contribution is 2.32. The van der Waals surface area contributed by atoms with Crippen LogP contribution in [0.2, 0.25) is 0 Å². The molecule has 8 nitrogen and oxygen atoms in total. The molecule has 1 atom stereocenters. The van der Waals surface area contributed by atoms with E-state index in [0.29, 0.717) is 53.5 Å². The molecule has 0 saturated carbocycles. The van der Waals surface area contributed by atoms with Gasteiger partial charge in [0.1, 0.15) is 23.0 Å². The molecule has 0 aliphatic carbocycles. The molecule has 2 N–H and O–H groups in total. The molecule has 33 heavy (non-hydrogen) atoms. The topological polar surface area (TPSA) is 95.5 Å². The molecule has 1 aliphatic heterocycles. The molecule has 1 fully saturated rings. The van der Waals surface area contributed by atoms with E-state index in [2.05, 4.69) is 23.4 Å². The molecule has 3 heterocycles. The number of aromatic nitrogens is 3. The predicted octanol–water partition coefficient (Wildman–Crippen LogP) is 3.00. The van der Waals surface area contributed by atoms with E-state index in [1.807, 2.05) is 11.6 Å². The molecule has 1 aliphatic rings. The maximum absolute atomic E-state index is 13.4. The summed E-state index contributed by atoms with van der Waals surface area (Å²) < 4.78 is 25.8. The molecule has 4 rings (SSSR count). The number of methoxy groups -OCH3 is 2. The number of amides is 1. The summed E-state index contributed by atoms with van der Waals surface area (Å²) in [5.41, 5.74) is 9.05. The first-order valence-corrected chi connectivity index (χ1v) is 10.3. The Hall–Kier alpha value is -4.06. The third-order valence-electron chi connectivity index (χ3n) is 5.64. The average Bonchev–Trinajstić information content (AvgIpc) is 3.45. The molecule has 0 radical (unpaired) electrons. The number of halogens is 1. The van der Waals surface area contributed by atoms with Crippen molar-refractivity contribution in [3.63, 3.8) is 0 Å². The highest BCUT2D eigenvalue weighted by molar-refractivity contribution is 5.95. The number of pyridine rings is 1. The second-order valence-electron chi connectivity index (χ2n) is 7.79. The van der Waals surface area contributed by atoms with Crippen LogP contribution in [0.15, 0.2) is 36.8 Å². The standard InChI is InChI=1S/C24H24FN5O3/c1-14-12-27-23(26)21-20(6-5-16-9-18(32-3)11-19(10-16)33-4)28-30(22(14)21)17-7-8-29(13-17)24(31)15(2)25/h9-12,17H,2,7-8,13H2,1,3-4H3,(H2,26,27). The van der Waals surface area contributed by atoms with Gasteiger partial charge in [0, 0.05) is 30.9 Å². The van der Waals surface area contributed by atoms with Gasteiger partial charge in [0.25, 0.3) is 5.91 Å². The van der Waals surface area contributed by atoms with Crippen molar-refractivity contribution in [1.29, 1.82) is 0 Å². The molecule has 1 aromatic carbocycles. The molecular weight excluding hydrogens is 425 g/mol. The van der Waals surface area contributed by atoms with Gasteiger partial charge in [0.15, 0.2) is 5.83 Å². The van der Waals surface area contributed by atoms with Gasteiger partial charge in [0.05, 0.1) is 31.2 Å². The number of rotatable bonds is 4. The van der Waals surface area contributed by atoms with Gasteiger partial charge in [0.2, 0.25) is 0 Å². The number of nitrogens with two attached hydrogens (primary N) is 1. The number of aryl methyl sites for hydroxylation is 1. The number of carbonyl (C=O) groups is 1. The van der Waals surface area contributed by atoms with Crippen LogP contribution < -0.4 is 15.2 Å². The highest BCUT2D eigenvalue weighted by atomic mass is 19.1. The third kappa shape index (κ3) is 4.20. The van der Waals surface area contributed by atoms with Crippen molar-refractivity contribution in [3.8, 4) is 23.3 Å². The van der Waals surface area contributed by atoms with Gasteiger partial charge in [-0.3, -0.25) is 9.48 Å². The first kappa shape index (κ1) is 22.1. The van der Waals surface area contributed by atoms with Gasteiger partial charge in [-0.2, -0.15) is 5.10 Å². The van der Waals surface area contributed by atoms with Crippen molar-refractivity contribution in [1.82, 2.24) is 19.7 Å². The molecule has 170 valence electrons. The van der Waals surface area contributed by atoms with E-state index in [1.165, 1.54) is 4.90 Å². The molecular formula is C24H24FN5O3. The minimum Gasteiger partial charge on any atom is -0.497 e. The fraction of sp³-hybridized carbons (Fsp3) is 0.292. The second kappa shape index (κ2) is 8.82. The Morgan fingerprint density at radius 2 is 1.94 bits per heavy atom. The largest absolute Gasteiger partial charge is 0.497 e. The number of benzene rings is 1.